The van der Waals surface area contributed by atoms with E-state index in [0.717, 1.165) is 22.8 Å². The van der Waals surface area contributed by atoms with Gasteiger partial charge in [0.1, 0.15) is 17.2 Å². The van der Waals surface area contributed by atoms with Crippen LogP contribution in [0.3, 0.4) is 0 Å². The molecule has 0 aliphatic carbocycles. The number of aryl methyl sites for hydroxylation is 2. The third-order valence-corrected chi connectivity index (χ3v) is 4.57. The van der Waals surface area contributed by atoms with E-state index in [-0.39, 0.29) is 5.52 Å². The van der Waals surface area contributed by atoms with Crippen molar-refractivity contribution in [2.45, 2.75) is 12.8 Å². The first-order valence-electron chi connectivity index (χ1n) is 8.95. The van der Waals surface area contributed by atoms with Crippen molar-refractivity contribution in [1.82, 2.24) is 20.1 Å². The number of furan rings is 1. The molecule has 0 bridgehead atoms. The van der Waals surface area contributed by atoms with E-state index in [9.17, 15) is 8.78 Å². The minimum Gasteiger partial charge on any atom is -0.472 e. The molecule has 1 N–H and O–H groups in total. The Morgan fingerprint density at radius 1 is 0.931 bits per heavy atom. The number of nitrogens with one attached hydrogen (secondary N) is 1. The van der Waals surface area contributed by atoms with Gasteiger partial charge in [-0.15, -0.1) is 0 Å². The van der Waals surface area contributed by atoms with Gasteiger partial charge in [-0.2, -0.15) is 4.98 Å². The van der Waals surface area contributed by atoms with Crippen molar-refractivity contribution >= 4 is 11.0 Å². The molecule has 0 saturated heterocycles. The fourth-order valence-electron chi connectivity index (χ4n) is 3.18. The van der Waals surface area contributed by atoms with Crippen LogP contribution < -0.4 is 0 Å². The molecule has 5 aromatic rings. The quantitative estimate of drug-likeness (QED) is 0.458. The molecule has 0 unspecified atom stereocenters. The Kier molecular flexibility index (Phi) is 4.16. The van der Waals surface area contributed by atoms with E-state index in [1.54, 1.807) is 12.5 Å². The number of aromatic nitrogens is 4. The molecule has 5 rings (SSSR count). The summed E-state index contributed by atoms with van der Waals surface area (Å²) < 4.78 is 37.6. The lowest BCUT2D eigenvalue weighted by atomic mass is 10.1. The SMILES string of the molecule is Fc1cc(F)c2nc(CCc3noc(-c4cccc(-c5ccoc5)c4)n3)[nH]c2c1. The first-order chi connectivity index (χ1) is 14.2. The minimum atomic E-state index is -0.693. The summed E-state index contributed by atoms with van der Waals surface area (Å²) >= 11 is 0. The van der Waals surface area contributed by atoms with Crippen LogP contribution >= 0.6 is 0 Å². The molecule has 0 amide bonds. The van der Waals surface area contributed by atoms with Crippen LogP contribution in [0.25, 0.3) is 33.6 Å². The topological polar surface area (TPSA) is 80.7 Å². The number of H-pyrrole nitrogens is 1. The normalized spacial score (nSPS) is 11.4. The standard InChI is InChI=1S/C21H14F2N4O2/c22-15-9-16(23)20-17(10-15)24-18(25-20)4-5-19-26-21(29-27-19)13-3-1-2-12(8-13)14-6-7-28-11-14/h1-3,6-11H,4-5H2,(H,24,25). The summed E-state index contributed by atoms with van der Waals surface area (Å²) in [6.07, 6.45) is 4.16. The van der Waals surface area contributed by atoms with E-state index in [1.165, 1.54) is 6.07 Å². The van der Waals surface area contributed by atoms with Gasteiger partial charge in [-0.3, -0.25) is 0 Å². The Balaban J connectivity index is 1.33. The molecule has 144 valence electrons. The van der Waals surface area contributed by atoms with Crippen molar-refractivity contribution in [3.8, 4) is 22.6 Å². The molecular formula is C21H14F2N4O2. The molecule has 0 atom stereocenters. The zero-order chi connectivity index (χ0) is 19.8. The smallest absolute Gasteiger partial charge is 0.257 e. The first-order valence-corrected chi connectivity index (χ1v) is 8.95. The second-order valence-corrected chi connectivity index (χ2v) is 6.58. The lowest BCUT2D eigenvalue weighted by Gasteiger charge is -1.99. The number of benzene rings is 2. The fourth-order valence-corrected chi connectivity index (χ4v) is 3.18. The van der Waals surface area contributed by atoms with Crippen molar-refractivity contribution < 1.29 is 17.7 Å². The predicted octanol–water partition coefficient (Wildman–Crippen LogP) is 4.94. The van der Waals surface area contributed by atoms with Crippen LogP contribution in [0.1, 0.15) is 11.6 Å². The van der Waals surface area contributed by atoms with Crippen LogP contribution in [0.2, 0.25) is 0 Å². The van der Waals surface area contributed by atoms with E-state index in [4.69, 9.17) is 8.94 Å². The number of aromatic amines is 1. The molecule has 8 heteroatoms. The summed E-state index contributed by atoms with van der Waals surface area (Å²) in [5.41, 5.74) is 3.17. The van der Waals surface area contributed by atoms with Gasteiger partial charge in [-0.25, -0.2) is 13.8 Å². The number of fused-ring (bicyclic) bond motifs is 1. The molecule has 0 spiro atoms. The second kappa shape index (κ2) is 6.97. The Labute approximate surface area is 163 Å². The van der Waals surface area contributed by atoms with Crippen molar-refractivity contribution in [3.63, 3.8) is 0 Å². The zero-order valence-corrected chi connectivity index (χ0v) is 15.0. The number of hydrogen-bond donors (Lipinski definition) is 1. The number of rotatable bonds is 5. The van der Waals surface area contributed by atoms with Crippen LogP contribution in [0.15, 0.2) is 63.9 Å². The summed E-state index contributed by atoms with van der Waals surface area (Å²) in [7, 11) is 0. The number of hydrogen-bond acceptors (Lipinski definition) is 5. The third kappa shape index (κ3) is 3.40. The van der Waals surface area contributed by atoms with Gasteiger partial charge in [0.15, 0.2) is 11.6 Å². The van der Waals surface area contributed by atoms with Crippen molar-refractivity contribution in [1.29, 1.82) is 0 Å². The zero-order valence-electron chi connectivity index (χ0n) is 15.0. The monoisotopic (exact) mass is 392 g/mol. The molecule has 6 nitrogen and oxygen atoms in total. The number of imidazole rings is 1. The summed E-state index contributed by atoms with van der Waals surface area (Å²) in [5.74, 6) is 0.0919. The van der Waals surface area contributed by atoms with E-state index in [0.29, 0.717) is 35.9 Å². The molecule has 0 fully saturated rings. The Hall–Kier alpha value is -3.81. The van der Waals surface area contributed by atoms with Crippen LogP contribution in [-0.4, -0.2) is 20.1 Å². The van der Waals surface area contributed by atoms with Crippen LogP contribution in [0.5, 0.6) is 0 Å². The summed E-state index contributed by atoms with van der Waals surface area (Å²) in [6, 6.07) is 11.6. The molecule has 0 aliphatic rings. The summed E-state index contributed by atoms with van der Waals surface area (Å²) in [6.45, 7) is 0. The van der Waals surface area contributed by atoms with Gasteiger partial charge >= 0.3 is 0 Å². The van der Waals surface area contributed by atoms with Gasteiger partial charge in [-0.05, 0) is 29.8 Å². The molecule has 3 aromatic heterocycles. The molecule has 3 heterocycles. The lowest BCUT2D eigenvalue weighted by Crippen LogP contribution is -1.95. The minimum absolute atomic E-state index is 0.117. The average Bonchev–Trinajstić information content (AvgIpc) is 3.46. The second-order valence-electron chi connectivity index (χ2n) is 6.58. The molecule has 29 heavy (non-hydrogen) atoms. The highest BCUT2D eigenvalue weighted by atomic mass is 19.1. The Morgan fingerprint density at radius 3 is 2.69 bits per heavy atom. The molecule has 0 aliphatic heterocycles. The van der Waals surface area contributed by atoms with E-state index in [1.807, 2.05) is 30.3 Å². The Morgan fingerprint density at radius 2 is 1.83 bits per heavy atom. The van der Waals surface area contributed by atoms with E-state index in [2.05, 4.69) is 20.1 Å². The third-order valence-electron chi connectivity index (χ3n) is 4.57. The highest BCUT2D eigenvalue weighted by Gasteiger charge is 2.13. The summed E-state index contributed by atoms with van der Waals surface area (Å²) in [4.78, 5) is 11.5. The highest BCUT2D eigenvalue weighted by Crippen LogP contribution is 2.26. The van der Waals surface area contributed by atoms with Gasteiger partial charge < -0.3 is 13.9 Å². The largest absolute Gasteiger partial charge is 0.472 e. The van der Waals surface area contributed by atoms with Gasteiger partial charge in [-0.1, -0.05) is 17.3 Å². The maximum absolute atomic E-state index is 13.8. The maximum Gasteiger partial charge on any atom is 0.257 e. The van der Waals surface area contributed by atoms with Gasteiger partial charge in [0.25, 0.3) is 5.89 Å². The highest BCUT2D eigenvalue weighted by molar-refractivity contribution is 5.75. The maximum atomic E-state index is 13.8. The van der Waals surface area contributed by atoms with Gasteiger partial charge in [0, 0.05) is 30.0 Å². The van der Waals surface area contributed by atoms with Gasteiger partial charge in [0.05, 0.1) is 18.0 Å². The number of halogens is 2. The Bertz CT molecular complexity index is 1290. The van der Waals surface area contributed by atoms with Crippen molar-refractivity contribution in [3.05, 3.63) is 78.3 Å². The average molecular weight is 392 g/mol. The van der Waals surface area contributed by atoms with Crippen LogP contribution in [-0.2, 0) is 12.8 Å². The molecular weight excluding hydrogens is 378 g/mol. The number of nitrogens with zero attached hydrogens (tertiary/aromatic N) is 3. The van der Waals surface area contributed by atoms with E-state index >= 15 is 0 Å². The van der Waals surface area contributed by atoms with Crippen LogP contribution in [0.4, 0.5) is 8.78 Å². The van der Waals surface area contributed by atoms with Crippen molar-refractivity contribution in [2.24, 2.45) is 0 Å². The fraction of sp³-hybridized carbons (Fsp3) is 0.0952. The first kappa shape index (κ1) is 17.3. The van der Waals surface area contributed by atoms with Crippen molar-refractivity contribution in [2.75, 3.05) is 0 Å². The lowest BCUT2D eigenvalue weighted by molar-refractivity contribution is 0.422. The van der Waals surface area contributed by atoms with Crippen LogP contribution in [0, 0.1) is 11.6 Å². The van der Waals surface area contributed by atoms with Gasteiger partial charge in [0.2, 0.25) is 0 Å². The summed E-state index contributed by atoms with van der Waals surface area (Å²) in [5, 5.41) is 4.01. The molecule has 0 saturated carbocycles. The predicted molar refractivity (Wildman–Crippen MR) is 101 cm³/mol. The molecule has 0 radical (unpaired) electrons. The molecule has 2 aromatic carbocycles. The van der Waals surface area contributed by atoms with E-state index < -0.39 is 11.6 Å².